The van der Waals surface area contributed by atoms with Crippen molar-refractivity contribution in [3.8, 4) is 11.4 Å². The van der Waals surface area contributed by atoms with Crippen molar-refractivity contribution in [1.82, 2.24) is 10.1 Å². The molecule has 110 valence electrons. The molecule has 1 heterocycles. The minimum atomic E-state index is -0.250. The van der Waals surface area contributed by atoms with E-state index in [2.05, 4.69) is 17.1 Å². The highest BCUT2D eigenvalue weighted by Gasteiger charge is 2.50. The molecule has 0 unspecified atom stereocenters. The number of aromatic nitrogens is 2. The summed E-state index contributed by atoms with van der Waals surface area (Å²) in [6, 6.07) is 6.24. The zero-order chi connectivity index (χ0) is 14.5. The minimum Gasteiger partial charge on any atom is -0.338 e. The van der Waals surface area contributed by atoms with E-state index in [-0.39, 0.29) is 11.2 Å². The first-order chi connectivity index (χ1) is 10.1. The third-order valence-electron chi connectivity index (χ3n) is 5.60. The standard InChI is InChI=1S/C17H19FN2O/c1-16-6-9-17(10-7-16,11-8-16)15-19-14(20-21-15)12-2-4-13(18)5-3-12/h2-5H,6-11H2,1H3. The van der Waals surface area contributed by atoms with Crippen molar-refractivity contribution in [1.29, 1.82) is 0 Å². The second kappa shape index (κ2) is 4.39. The van der Waals surface area contributed by atoms with Crippen LogP contribution < -0.4 is 0 Å². The van der Waals surface area contributed by atoms with Crippen LogP contribution in [0, 0.1) is 11.2 Å². The van der Waals surface area contributed by atoms with Gasteiger partial charge < -0.3 is 4.52 Å². The highest BCUT2D eigenvalue weighted by atomic mass is 19.1. The van der Waals surface area contributed by atoms with Gasteiger partial charge in [-0.05, 0) is 68.2 Å². The van der Waals surface area contributed by atoms with Gasteiger partial charge >= 0.3 is 0 Å². The van der Waals surface area contributed by atoms with Crippen LogP contribution in [0.5, 0.6) is 0 Å². The summed E-state index contributed by atoms with van der Waals surface area (Å²) in [7, 11) is 0. The first kappa shape index (κ1) is 13.0. The van der Waals surface area contributed by atoms with Gasteiger partial charge in [0.1, 0.15) is 5.82 Å². The highest BCUT2D eigenvalue weighted by molar-refractivity contribution is 5.53. The van der Waals surface area contributed by atoms with Gasteiger partial charge in [0, 0.05) is 11.0 Å². The molecule has 21 heavy (non-hydrogen) atoms. The van der Waals surface area contributed by atoms with Crippen LogP contribution in [0.15, 0.2) is 28.8 Å². The van der Waals surface area contributed by atoms with Gasteiger partial charge in [-0.3, -0.25) is 0 Å². The SMILES string of the molecule is CC12CCC(c3nc(-c4ccc(F)cc4)no3)(CC1)CC2. The van der Waals surface area contributed by atoms with E-state index in [0.29, 0.717) is 11.2 Å². The first-order valence-corrected chi connectivity index (χ1v) is 7.69. The molecule has 0 atom stereocenters. The maximum Gasteiger partial charge on any atom is 0.233 e. The Hall–Kier alpha value is -1.71. The Morgan fingerprint density at radius 3 is 2.24 bits per heavy atom. The average Bonchev–Trinajstić information content (AvgIpc) is 3.00. The van der Waals surface area contributed by atoms with E-state index in [1.165, 1.54) is 31.4 Å². The Morgan fingerprint density at radius 1 is 1.00 bits per heavy atom. The van der Waals surface area contributed by atoms with E-state index in [9.17, 15) is 4.39 Å². The topological polar surface area (TPSA) is 38.9 Å². The van der Waals surface area contributed by atoms with Gasteiger partial charge in [-0.15, -0.1) is 0 Å². The molecule has 0 aliphatic heterocycles. The number of hydrogen-bond acceptors (Lipinski definition) is 3. The summed E-state index contributed by atoms with van der Waals surface area (Å²) in [6.07, 6.45) is 7.20. The Bertz CT molecular complexity index is 637. The molecule has 2 bridgehead atoms. The molecule has 0 N–H and O–H groups in total. The molecule has 2 aromatic rings. The lowest BCUT2D eigenvalue weighted by atomic mass is 9.54. The van der Waals surface area contributed by atoms with E-state index < -0.39 is 0 Å². The van der Waals surface area contributed by atoms with Gasteiger partial charge in [-0.25, -0.2) is 4.39 Å². The number of halogens is 1. The predicted molar refractivity (Wildman–Crippen MR) is 77.2 cm³/mol. The molecule has 3 nitrogen and oxygen atoms in total. The Balaban J connectivity index is 1.64. The van der Waals surface area contributed by atoms with Crippen molar-refractivity contribution < 1.29 is 8.91 Å². The number of nitrogens with zero attached hydrogens (tertiary/aromatic N) is 2. The van der Waals surface area contributed by atoms with Crippen LogP contribution in [0.3, 0.4) is 0 Å². The molecule has 4 heteroatoms. The summed E-state index contributed by atoms with van der Waals surface area (Å²) in [4.78, 5) is 4.62. The van der Waals surface area contributed by atoms with Gasteiger partial charge in [0.25, 0.3) is 0 Å². The number of fused-ring (bicyclic) bond motifs is 3. The predicted octanol–water partition coefficient (Wildman–Crippen LogP) is 4.49. The monoisotopic (exact) mass is 286 g/mol. The molecule has 1 aromatic heterocycles. The molecule has 5 rings (SSSR count). The largest absolute Gasteiger partial charge is 0.338 e. The summed E-state index contributed by atoms with van der Waals surface area (Å²) in [5.41, 5.74) is 1.42. The van der Waals surface area contributed by atoms with Gasteiger partial charge in [-0.2, -0.15) is 4.98 Å². The van der Waals surface area contributed by atoms with E-state index in [4.69, 9.17) is 4.52 Å². The Morgan fingerprint density at radius 2 is 1.62 bits per heavy atom. The molecule has 0 amide bonds. The molecular weight excluding hydrogens is 267 g/mol. The van der Waals surface area contributed by atoms with E-state index in [0.717, 1.165) is 30.7 Å². The fourth-order valence-electron chi connectivity index (χ4n) is 3.85. The van der Waals surface area contributed by atoms with Crippen molar-refractivity contribution in [2.24, 2.45) is 5.41 Å². The molecule has 1 aromatic carbocycles. The third-order valence-corrected chi connectivity index (χ3v) is 5.60. The number of benzene rings is 1. The maximum atomic E-state index is 13.0. The molecule has 0 radical (unpaired) electrons. The highest BCUT2D eigenvalue weighted by Crippen LogP contribution is 2.57. The van der Waals surface area contributed by atoms with Crippen LogP contribution in [0.4, 0.5) is 4.39 Å². The maximum absolute atomic E-state index is 13.0. The number of hydrogen-bond donors (Lipinski definition) is 0. The normalized spacial score (nSPS) is 31.5. The summed E-state index contributed by atoms with van der Waals surface area (Å²) >= 11 is 0. The van der Waals surface area contributed by atoms with Gasteiger partial charge in [-0.1, -0.05) is 12.1 Å². The first-order valence-electron chi connectivity index (χ1n) is 7.69. The molecule has 3 aliphatic rings. The zero-order valence-corrected chi connectivity index (χ0v) is 12.2. The summed E-state index contributed by atoms with van der Waals surface area (Å²) < 4.78 is 18.6. The lowest BCUT2D eigenvalue weighted by Crippen LogP contribution is -2.42. The van der Waals surface area contributed by atoms with Gasteiger partial charge in [0.15, 0.2) is 0 Å². The quantitative estimate of drug-likeness (QED) is 0.816. The van der Waals surface area contributed by atoms with E-state index in [1.807, 2.05) is 0 Å². The summed E-state index contributed by atoms with van der Waals surface area (Å²) in [5.74, 6) is 1.10. The molecule has 0 spiro atoms. The van der Waals surface area contributed by atoms with E-state index >= 15 is 0 Å². The van der Waals surface area contributed by atoms with Gasteiger partial charge in [0.2, 0.25) is 11.7 Å². The Kier molecular flexibility index (Phi) is 2.72. The van der Waals surface area contributed by atoms with Crippen LogP contribution in [0.25, 0.3) is 11.4 Å². The van der Waals surface area contributed by atoms with Crippen molar-refractivity contribution >= 4 is 0 Å². The molecule has 3 saturated carbocycles. The van der Waals surface area contributed by atoms with Crippen LogP contribution in [-0.2, 0) is 5.41 Å². The second-order valence-corrected chi connectivity index (χ2v) is 7.02. The van der Waals surface area contributed by atoms with Crippen LogP contribution >= 0.6 is 0 Å². The molecule has 3 fully saturated rings. The van der Waals surface area contributed by atoms with Crippen molar-refractivity contribution in [2.45, 2.75) is 50.9 Å². The zero-order valence-electron chi connectivity index (χ0n) is 12.2. The minimum absolute atomic E-state index is 0.0863. The van der Waals surface area contributed by atoms with Crippen molar-refractivity contribution in [3.63, 3.8) is 0 Å². The van der Waals surface area contributed by atoms with Crippen LogP contribution in [-0.4, -0.2) is 10.1 Å². The van der Waals surface area contributed by atoms with E-state index in [1.54, 1.807) is 12.1 Å². The van der Waals surface area contributed by atoms with Crippen LogP contribution in [0.1, 0.15) is 51.3 Å². The summed E-state index contributed by atoms with van der Waals surface area (Å²) in [5, 5.41) is 4.11. The molecular formula is C17H19FN2O. The number of rotatable bonds is 2. The fourth-order valence-corrected chi connectivity index (χ4v) is 3.85. The van der Waals surface area contributed by atoms with Crippen molar-refractivity contribution in [3.05, 3.63) is 36.0 Å². The summed E-state index contributed by atoms with van der Waals surface area (Å²) in [6.45, 7) is 2.40. The fraction of sp³-hybridized carbons (Fsp3) is 0.529. The molecule has 3 aliphatic carbocycles. The lowest BCUT2D eigenvalue weighted by molar-refractivity contribution is 0.0364. The van der Waals surface area contributed by atoms with Crippen LogP contribution in [0.2, 0.25) is 0 Å². The average molecular weight is 286 g/mol. The third kappa shape index (κ3) is 2.08. The molecule has 0 saturated heterocycles. The van der Waals surface area contributed by atoms with Crippen molar-refractivity contribution in [2.75, 3.05) is 0 Å². The van der Waals surface area contributed by atoms with Gasteiger partial charge in [0.05, 0.1) is 0 Å². The Labute approximate surface area is 123 Å². The smallest absolute Gasteiger partial charge is 0.233 e. The lowest BCUT2D eigenvalue weighted by Gasteiger charge is -2.50. The second-order valence-electron chi connectivity index (χ2n) is 7.02.